The van der Waals surface area contributed by atoms with E-state index in [2.05, 4.69) is 10.4 Å². The zero-order valence-corrected chi connectivity index (χ0v) is 9.06. The summed E-state index contributed by atoms with van der Waals surface area (Å²) in [5, 5.41) is 6.01. The summed E-state index contributed by atoms with van der Waals surface area (Å²) in [6.07, 6.45) is 5.58. The molecule has 1 aromatic rings. The molecule has 0 spiro atoms. The molecule has 4 heteroatoms. The van der Waals surface area contributed by atoms with Crippen LogP contribution in [0.25, 0.3) is 0 Å². The maximum atomic E-state index is 10.7. The van der Waals surface area contributed by atoms with Crippen LogP contribution in [0.4, 0.5) is 11.4 Å². The number of hydrogen-bond acceptors (Lipinski definition) is 4. The van der Waals surface area contributed by atoms with Gasteiger partial charge in [0.2, 0.25) is 0 Å². The summed E-state index contributed by atoms with van der Waals surface area (Å²) in [4.78, 5) is 21.5. The van der Waals surface area contributed by atoms with Crippen molar-refractivity contribution < 1.29 is 0 Å². The first kappa shape index (κ1) is 10.9. The summed E-state index contributed by atoms with van der Waals surface area (Å²) < 4.78 is 0. The van der Waals surface area contributed by atoms with Gasteiger partial charge in [0, 0.05) is 5.56 Å². The number of nitrogens with zero attached hydrogens (tertiary/aromatic N) is 2. The molecule has 4 nitrogen and oxygen atoms in total. The minimum absolute atomic E-state index is 0.273. The van der Waals surface area contributed by atoms with Crippen molar-refractivity contribution in [1.29, 1.82) is 0 Å². The van der Waals surface area contributed by atoms with Gasteiger partial charge in [0.25, 0.3) is 0 Å². The van der Waals surface area contributed by atoms with Gasteiger partial charge in [0.05, 0.1) is 0 Å². The molecule has 0 unspecified atom stereocenters. The van der Waals surface area contributed by atoms with Gasteiger partial charge >= 0.3 is 0 Å². The van der Waals surface area contributed by atoms with Crippen molar-refractivity contribution in [3.63, 3.8) is 0 Å². The lowest BCUT2D eigenvalue weighted by Gasteiger charge is -2.23. The van der Waals surface area contributed by atoms with E-state index >= 15 is 0 Å². The van der Waals surface area contributed by atoms with Crippen molar-refractivity contribution in [3.8, 4) is 0 Å². The van der Waals surface area contributed by atoms with Crippen LogP contribution < -0.4 is 0 Å². The third kappa shape index (κ3) is 2.01. The average molecular weight is 218 g/mol. The van der Waals surface area contributed by atoms with E-state index in [0.717, 1.165) is 31.2 Å². The first-order chi connectivity index (χ1) is 7.86. The zero-order chi connectivity index (χ0) is 11.4. The lowest BCUT2D eigenvalue weighted by Crippen LogP contribution is -2.04. The second kappa shape index (κ2) is 4.96. The van der Waals surface area contributed by atoms with E-state index in [4.69, 9.17) is 0 Å². The fourth-order valence-corrected chi connectivity index (χ4v) is 2.51. The number of benzene rings is 1. The molecule has 0 bridgehead atoms. The Morgan fingerprint density at radius 1 is 0.938 bits per heavy atom. The Kier molecular flexibility index (Phi) is 3.39. The lowest BCUT2D eigenvalue weighted by atomic mass is 9.82. The average Bonchev–Trinajstić information content (AvgIpc) is 2.38. The van der Waals surface area contributed by atoms with Gasteiger partial charge in [-0.25, -0.2) is 0 Å². The van der Waals surface area contributed by atoms with Crippen molar-refractivity contribution >= 4 is 11.4 Å². The van der Waals surface area contributed by atoms with Crippen molar-refractivity contribution in [2.24, 2.45) is 10.4 Å². The first-order valence-electron chi connectivity index (χ1n) is 5.66. The molecule has 0 atom stereocenters. The standard InChI is InChI=1S/C12H14N2O2/c15-13-10-7-4-8-11(14-16)12(10)9-5-2-1-3-6-9/h4,7-9H,1-3,5-6H2. The van der Waals surface area contributed by atoms with Crippen LogP contribution in [0.3, 0.4) is 0 Å². The third-order valence-electron chi connectivity index (χ3n) is 3.27. The number of nitroso groups, excluding NO2 is 2. The van der Waals surface area contributed by atoms with E-state index in [0.29, 0.717) is 11.4 Å². The second-order valence-electron chi connectivity index (χ2n) is 4.23. The van der Waals surface area contributed by atoms with E-state index in [1.807, 2.05) is 0 Å². The Labute approximate surface area is 94.0 Å². The van der Waals surface area contributed by atoms with Crippen molar-refractivity contribution in [3.05, 3.63) is 33.6 Å². The van der Waals surface area contributed by atoms with Crippen LogP contribution >= 0.6 is 0 Å². The lowest BCUT2D eigenvalue weighted by molar-refractivity contribution is 0.444. The van der Waals surface area contributed by atoms with Gasteiger partial charge in [-0.05, 0) is 41.2 Å². The molecule has 2 rings (SSSR count). The molecule has 84 valence electrons. The third-order valence-corrected chi connectivity index (χ3v) is 3.27. The molecule has 1 aliphatic carbocycles. The van der Waals surface area contributed by atoms with Gasteiger partial charge in [-0.1, -0.05) is 25.3 Å². The minimum Gasteiger partial charge on any atom is -0.145 e. The Bertz CT molecular complexity index is 372. The summed E-state index contributed by atoms with van der Waals surface area (Å²) in [5.41, 5.74) is 1.51. The largest absolute Gasteiger partial charge is 0.145 e. The van der Waals surface area contributed by atoms with Gasteiger partial charge in [0.1, 0.15) is 11.4 Å². The Morgan fingerprint density at radius 2 is 1.50 bits per heavy atom. The van der Waals surface area contributed by atoms with Crippen LogP contribution in [0.1, 0.15) is 43.6 Å². The molecule has 0 aliphatic heterocycles. The highest BCUT2D eigenvalue weighted by atomic mass is 16.3. The van der Waals surface area contributed by atoms with Crippen molar-refractivity contribution in [2.75, 3.05) is 0 Å². The summed E-state index contributed by atoms with van der Waals surface area (Å²) in [7, 11) is 0. The van der Waals surface area contributed by atoms with E-state index in [-0.39, 0.29) is 5.92 Å². The van der Waals surface area contributed by atoms with Crippen LogP contribution in [0, 0.1) is 9.81 Å². The van der Waals surface area contributed by atoms with Crippen molar-refractivity contribution in [2.45, 2.75) is 38.0 Å². The summed E-state index contributed by atoms with van der Waals surface area (Å²) >= 11 is 0. The molecule has 0 radical (unpaired) electrons. The summed E-state index contributed by atoms with van der Waals surface area (Å²) in [6.45, 7) is 0. The van der Waals surface area contributed by atoms with E-state index in [9.17, 15) is 9.81 Å². The molecule has 1 saturated carbocycles. The maximum absolute atomic E-state index is 10.7. The fourth-order valence-electron chi connectivity index (χ4n) is 2.51. The highest BCUT2D eigenvalue weighted by Crippen LogP contribution is 2.42. The topological polar surface area (TPSA) is 58.9 Å². The molecule has 1 fully saturated rings. The molecular weight excluding hydrogens is 204 g/mol. The SMILES string of the molecule is O=Nc1cccc(N=O)c1C1CCCCC1. The molecule has 16 heavy (non-hydrogen) atoms. The predicted octanol–water partition coefficient (Wildman–Crippen LogP) is 4.53. The normalized spacial score (nSPS) is 17.0. The fraction of sp³-hybridized carbons (Fsp3) is 0.500. The molecule has 0 N–H and O–H groups in total. The summed E-state index contributed by atoms with van der Waals surface area (Å²) in [5.74, 6) is 0.273. The van der Waals surface area contributed by atoms with Crippen LogP contribution in [-0.2, 0) is 0 Å². The van der Waals surface area contributed by atoms with Gasteiger partial charge in [-0.2, -0.15) is 0 Å². The highest BCUT2D eigenvalue weighted by Gasteiger charge is 2.22. The molecule has 0 saturated heterocycles. The van der Waals surface area contributed by atoms with E-state index in [1.165, 1.54) is 6.42 Å². The Balaban J connectivity index is 2.42. The van der Waals surface area contributed by atoms with E-state index < -0.39 is 0 Å². The second-order valence-corrected chi connectivity index (χ2v) is 4.23. The zero-order valence-electron chi connectivity index (χ0n) is 9.06. The van der Waals surface area contributed by atoms with Gasteiger partial charge < -0.3 is 0 Å². The molecule has 0 amide bonds. The maximum Gasteiger partial charge on any atom is 0.113 e. The molecule has 0 heterocycles. The molecule has 0 aromatic heterocycles. The van der Waals surface area contributed by atoms with Gasteiger partial charge in [0.15, 0.2) is 0 Å². The molecule has 1 aromatic carbocycles. The minimum atomic E-state index is 0.273. The van der Waals surface area contributed by atoms with Crippen LogP contribution in [0.2, 0.25) is 0 Å². The van der Waals surface area contributed by atoms with Crippen LogP contribution in [0.15, 0.2) is 28.6 Å². The van der Waals surface area contributed by atoms with Gasteiger partial charge in [-0.15, -0.1) is 9.81 Å². The van der Waals surface area contributed by atoms with Crippen LogP contribution in [-0.4, -0.2) is 0 Å². The molecular formula is C12H14N2O2. The number of rotatable bonds is 3. The van der Waals surface area contributed by atoms with Crippen LogP contribution in [0.5, 0.6) is 0 Å². The van der Waals surface area contributed by atoms with E-state index in [1.54, 1.807) is 18.2 Å². The predicted molar refractivity (Wildman–Crippen MR) is 63.2 cm³/mol. The first-order valence-corrected chi connectivity index (χ1v) is 5.66. The Hall–Kier alpha value is -1.58. The summed E-state index contributed by atoms with van der Waals surface area (Å²) in [6, 6.07) is 4.97. The monoisotopic (exact) mass is 218 g/mol. The Morgan fingerprint density at radius 3 is 2.00 bits per heavy atom. The smallest absolute Gasteiger partial charge is 0.113 e. The molecule has 1 aliphatic rings. The van der Waals surface area contributed by atoms with Crippen molar-refractivity contribution in [1.82, 2.24) is 0 Å². The number of hydrogen-bond donors (Lipinski definition) is 0. The quantitative estimate of drug-likeness (QED) is 0.699. The highest BCUT2D eigenvalue weighted by molar-refractivity contribution is 5.61. The van der Waals surface area contributed by atoms with Gasteiger partial charge in [-0.3, -0.25) is 0 Å².